The molecule has 0 aliphatic heterocycles. The lowest BCUT2D eigenvalue weighted by Gasteiger charge is -2.10. The van der Waals surface area contributed by atoms with Crippen molar-refractivity contribution in [3.63, 3.8) is 0 Å². The highest BCUT2D eigenvalue weighted by Gasteiger charge is 2.46. The third-order valence-electron chi connectivity index (χ3n) is 3.27. The van der Waals surface area contributed by atoms with Crippen molar-refractivity contribution in [3.8, 4) is 6.07 Å². The molecular weight excluding hydrogens is 288 g/mol. The molecule has 2 rings (SSSR count). The Morgan fingerprint density at radius 3 is 2.63 bits per heavy atom. The molecule has 0 atom stereocenters. The molecule has 19 heavy (non-hydrogen) atoms. The van der Waals surface area contributed by atoms with Gasteiger partial charge in [0, 0.05) is 6.20 Å². The Balaban J connectivity index is 2.65. The van der Waals surface area contributed by atoms with E-state index in [0.29, 0.717) is 18.4 Å². The van der Waals surface area contributed by atoms with E-state index in [1.807, 2.05) is 0 Å². The molecule has 0 amide bonds. The summed E-state index contributed by atoms with van der Waals surface area (Å²) in [6.45, 7) is 1.47. The number of nitrogens with zero attached hydrogens (tertiary/aromatic N) is 2. The number of pyridine rings is 1. The van der Waals surface area contributed by atoms with Crippen LogP contribution in [0.15, 0.2) is 17.2 Å². The van der Waals surface area contributed by atoms with Crippen molar-refractivity contribution < 1.29 is 13.2 Å². The van der Waals surface area contributed by atoms with Crippen LogP contribution in [0.4, 0.5) is 0 Å². The summed E-state index contributed by atoms with van der Waals surface area (Å²) in [5.41, 5.74) is -0.400. The summed E-state index contributed by atoms with van der Waals surface area (Å²) in [6.07, 6.45) is 2.70. The van der Waals surface area contributed by atoms with E-state index in [2.05, 4.69) is 11.1 Å². The lowest BCUT2D eigenvalue weighted by atomic mass is 10.00. The standard InChI is InChI=1S/C12H11ClN2O3S/c1-2-19(17,18)9-5-8(12(7-14)3-4-12)6-15-10(9)11(13)16/h5-6H,2-4H2,1H3. The fourth-order valence-electron chi connectivity index (χ4n) is 1.84. The summed E-state index contributed by atoms with van der Waals surface area (Å²) >= 11 is 5.36. The molecule has 7 heteroatoms. The van der Waals surface area contributed by atoms with Crippen molar-refractivity contribution in [3.05, 3.63) is 23.5 Å². The maximum absolute atomic E-state index is 12.0. The van der Waals surface area contributed by atoms with E-state index in [0.717, 1.165) is 0 Å². The van der Waals surface area contributed by atoms with Gasteiger partial charge in [0.1, 0.15) is 5.69 Å². The van der Waals surface area contributed by atoms with Crippen molar-refractivity contribution in [2.45, 2.75) is 30.1 Å². The van der Waals surface area contributed by atoms with Crippen LogP contribution < -0.4 is 0 Å². The maximum Gasteiger partial charge on any atom is 0.272 e. The largest absolute Gasteiger partial charge is 0.274 e. The molecule has 1 fully saturated rings. The van der Waals surface area contributed by atoms with Crippen LogP contribution in [0.25, 0.3) is 0 Å². The summed E-state index contributed by atoms with van der Waals surface area (Å²) in [5.74, 6) is -0.158. The van der Waals surface area contributed by atoms with Crippen LogP contribution in [-0.2, 0) is 15.3 Å². The van der Waals surface area contributed by atoms with E-state index >= 15 is 0 Å². The zero-order valence-corrected chi connectivity index (χ0v) is 11.8. The Morgan fingerprint density at radius 1 is 1.58 bits per heavy atom. The number of carbonyl (C=O) groups excluding carboxylic acids is 1. The van der Waals surface area contributed by atoms with Gasteiger partial charge in [0.25, 0.3) is 5.24 Å². The monoisotopic (exact) mass is 298 g/mol. The number of nitriles is 1. The Hall–Kier alpha value is -1.45. The van der Waals surface area contributed by atoms with Gasteiger partial charge >= 0.3 is 0 Å². The highest BCUT2D eigenvalue weighted by atomic mass is 35.5. The van der Waals surface area contributed by atoms with Crippen LogP contribution in [0.5, 0.6) is 0 Å². The van der Waals surface area contributed by atoms with Crippen LogP contribution in [-0.4, -0.2) is 24.4 Å². The predicted molar refractivity (Wildman–Crippen MR) is 68.7 cm³/mol. The topological polar surface area (TPSA) is 87.9 Å². The predicted octanol–water partition coefficient (Wildman–Crippen LogP) is 1.81. The Kier molecular flexibility index (Phi) is 3.37. The van der Waals surface area contributed by atoms with E-state index in [1.54, 1.807) is 0 Å². The van der Waals surface area contributed by atoms with Gasteiger partial charge in [-0.1, -0.05) is 6.92 Å². The van der Waals surface area contributed by atoms with Crippen LogP contribution in [0.3, 0.4) is 0 Å². The van der Waals surface area contributed by atoms with Gasteiger partial charge in [0.15, 0.2) is 9.84 Å². The Labute approximate surface area is 116 Å². The molecule has 5 nitrogen and oxygen atoms in total. The average Bonchev–Trinajstić information content (AvgIpc) is 3.19. The number of aromatic nitrogens is 1. The molecule has 0 spiro atoms. The third kappa shape index (κ3) is 2.36. The first kappa shape index (κ1) is 14.0. The van der Waals surface area contributed by atoms with Crippen LogP contribution in [0, 0.1) is 11.3 Å². The van der Waals surface area contributed by atoms with Crippen LogP contribution >= 0.6 is 11.6 Å². The summed E-state index contributed by atoms with van der Waals surface area (Å²) < 4.78 is 24.0. The van der Waals surface area contributed by atoms with E-state index in [1.165, 1.54) is 19.2 Å². The molecule has 0 saturated heterocycles. The van der Waals surface area contributed by atoms with Crippen molar-refractivity contribution in [1.82, 2.24) is 4.98 Å². The molecule has 0 aromatic carbocycles. The summed E-state index contributed by atoms with van der Waals surface area (Å²) in [6, 6.07) is 3.52. The van der Waals surface area contributed by atoms with Crippen molar-refractivity contribution in [2.24, 2.45) is 0 Å². The van der Waals surface area contributed by atoms with E-state index in [9.17, 15) is 13.2 Å². The minimum absolute atomic E-state index is 0.158. The maximum atomic E-state index is 12.0. The number of hydrogen-bond acceptors (Lipinski definition) is 5. The average molecular weight is 299 g/mol. The molecule has 0 N–H and O–H groups in total. The van der Waals surface area contributed by atoms with Crippen molar-refractivity contribution in [2.75, 3.05) is 5.75 Å². The van der Waals surface area contributed by atoms with Gasteiger partial charge in [-0.3, -0.25) is 9.78 Å². The van der Waals surface area contributed by atoms with Gasteiger partial charge in [0.2, 0.25) is 0 Å². The minimum atomic E-state index is -3.61. The third-order valence-corrected chi connectivity index (χ3v) is 5.19. The molecule has 1 aromatic rings. The zero-order chi connectivity index (χ0) is 14.3. The Bertz CT molecular complexity index is 687. The lowest BCUT2D eigenvalue weighted by Crippen LogP contribution is -2.14. The second-order valence-electron chi connectivity index (χ2n) is 4.44. The van der Waals surface area contributed by atoms with Crippen molar-refractivity contribution >= 4 is 26.7 Å². The molecular formula is C12H11ClN2O3S. The van der Waals surface area contributed by atoms with Gasteiger partial charge < -0.3 is 0 Å². The van der Waals surface area contributed by atoms with E-state index in [4.69, 9.17) is 16.9 Å². The number of carbonyl (C=O) groups is 1. The Morgan fingerprint density at radius 2 is 2.21 bits per heavy atom. The highest BCUT2D eigenvalue weighted by Crippen LogP contribution is 2.47. The molecule has 0 radical (unpaired) electrons. The van der Waals surface area contributed by atoms with E-state index < -0.39 is 20.5 Å². The van der Waals surface area contributed by atoms with Gasteiger partial charge in [-0.25, -0.2) is 8.42 Å². The quantitative estimate of drug-likeness (QED) is 0.791. The molecule has 0 bridgehead atoms. The minimum Gasteiger partial charge on any atom is -0.274 e. The summed E-state index contributed by atoms with van der Waals surface area (Å²) in [5, 5.41) is 8.20. The molecule has 1 aliphatic carbocycles. The number of rotatable bonds is 4. The first-order chi connectivity index (χ1) is 8.86. The highest BCUT2D eigenvalue weighted by molar-refractivity contribution is 7.91. The second-order valence-corrected chi connectivity index (χ2v) is 7.03. The number of hydrogen-bond donors (Lipinski definition) is 0. The van der Waals surface area contributed by atoms with Crippen LogP contribution in [0.1, 0.15) is 35.8 Å². The number of sulfone groups is 1. The van der Waals surface area contributed by atoms with Crippen molar-refractivity contribution in [1.29, 1.82) is 5.26 Å². The van der Waals surface area contributed by atoms with Gasteiger partial charge in [-0.05, 0) is 36.1 Å². The molecule has 1 saturated carbocycles. The van der Waals surface area contributed by atoms with Gasteiger partial charge in [-0.15, -0.1) is 0 Å². The smallest absolute Gasteiger partial charge is 0.272 e. The second kappa shape index (κ2) is 4.58. The molecule has 0 unspecified atom stereocenters. The van der Waals surface area contributed by atoms with E-state index in [-0.39, 0.29) is 16.3 Å². The summed E-state index contributed by atoms with van der Waals surface area (Å²) in [4.78, 5) is 14.9. The lowest BCUT2D eigenvalue weighted by molar-refractivity contribution is 0.107. The van der Waals surface area contributed by atoms with Gasteiger partial charge in [0.05, 0.1) is 22.1 Å². The SMILES string of the molecule is CCS(=O)(=O)c1cc(C2(C#N)CC2)cnc1C(=O)Cl. The normalized spacial score (nSPS) is 16.7. The molecule has 1 heterocycles. The summed E-state index contributed by atoms with van der Waals surface area (Å²) in [7, 11) is -3.61. The fraction of sp³-hybridized carbons (Fsp3) is 0.417. The molecule has 1 aliphatic rings. The first-order valence-corrected chi connectivity index (χ1v) is 7.74. The molecule has 1 aromatic heterocycles. The first-order valence-electron chi connectivity index (χ1n) is 5.70. The number of halogens is 1. The zero-order valence-electron chi connectivity index (χ0n) is 10.2. The van der Waals surface area contributed by atoms with Crippen LogP contribution in [0.2, 0.25) is 0 Å². The molecule has 100 valence electrons. The van der Waals surface area contributed by atoms with Gasteiger partial charge in [-0.2, -0.15) is 5.26 Å². The fourth-order valence-corrected chi connectivity index (χ4v) is 3.10.